The number of carbonyl (C=O) groups excluding carboxylic acids is 2. The summed E-state index contributed by atoms with van der Waals surface area (Å²) in [6, 6.07) is 13.4. The van der Waals surface area contributed by atoms with Crippen LogP contribution in [0.3, 0.4) is 0 Å². The number of nitrogens with one attached hydrogen (secondary N) is 1. The monoisotopic (exact) mass is 422 g/mol. The van der Waals surface area contributed by atoms with Crippen LogP contribution in [0.1, 0.15) is 55.2 Å². The van der Waals surface area contributed by atoms with Crippen LogP contribution in [0.2, 0.25) is 0 Å². The van der Waals surface area contributed by atoms with Crippen molar-refractivity contribution in [2.45, 2.75) is 44.6 Å². The molecule has 3 rings (SSSR count). The van der Waals surface area contributed by atoms with Crippen LogP contribution in [-0.4, -0.2) is 34.5 Å². The number of hydrogen-bond donors (Lipinski definition) is 2. The second-order valence-electron chi connectivity index (χ2n) is 7.81. The number of rotatable bonds is 10. The van der Waals surface area contributed by atoms with Gasteiger partial charge in [-0.05, 0) is 67.5 Å². The van der Waals surface area contributed by atoms with Crippen LogP contribution in [-0.2, 0) is 9.59 Å². The van der Waals surface area contributed by atoms with Crippen LogP contribution < -0.4 is 5.48 Å². The van der Waals surface area contributed by atoms with Crippen molar-refractivity contribution < 1.29 is 19.2 Å². The van der Waals surface area contributed by atoms with E-state index in [-0.39, 0.29) is 24.2 Å². The smallest absolute Gasteiger partial charge is 0.254 e. The molecular formula is C25H27FN2O3. The average Bonchev–Trinajstić information content (AvgIpc) is 3.61. The average molecular weight is 423 g/mol. The minimum atomic E-state index is -0.403. The highest BCUT2D eigenvalue weighted by molar-refractivity contribution is 6.24. The number of hydrogen-bond acceptors (Lipinski definition) is 3. The van der Waals surface area contributed by atoms with E-state index in [0.29, 0.717) is 29.7 Å². The van der Waals surface area contributed by atoms with Crippen LogP contribution in [0.25, 0.3) is 11.6 Å². The standard InChI is InChI=1S/C25H27FN2O3/c1-18-6-8-19(9-7-18)17-23(20-10-12-21(26)13-11-20)25(30)28(22-14-15-22)16-4-2-3-5-24(29)27-31/h1,6-13,17,22,31H,2-5,14-16H2,(H,27,29). The van der Waals surface area contributed by atoms with Gasteiger partial charge in [-0.3, -0.25) is 14.8 Å². The molecule has 2 aromatic rings. The molecular weight excluding hydrogens is 395 g/mol. The topological polar surface area (TPSA) is 69.6 Å². The van der Waals surface area contributed by atoms with Gasteiger partial charge in [0.15, 0.2) is 0 Å². The lowest BCUT2D eigenvalue weighted by Gasteiger charge is -2.24. The molecule has 2 radical (unpaired) electrons. The van der Waals surface area contributed by atoms with Crippen LogP contribution in [0.5, 0.6) is 0 Å². The minimum absolute atomic E-state index is 0.0842. The summed E-state index contributed by atoms with van der Waals surface area (Å²) in [6.07, 6.45) is 6.19. The third kappa shape index (κ3) is 6.76. The Labute approximate surface area is 182 Å². The van der Waals surface area contributed by atoms with Crippen molar-refractivity contribution in [3.05, 3.63) is 78.0 Å². The summed E-state index contributed by atoms with van der Waals surface area (Å²) < 4.78 is 13.5. The molecule has 6 heteroatoms. The fraction of sp³-hybridized carbons (Fsp3) is 0.320. The molecule has 0 aliphatic heterocycles. The second kappa shape index (κ2) is 10.9. The van der Waals surface area contributed by atoms with E-state index in [1.807, 2.05) is 23.1 Å². The molecule has 0 aromatic heterocycles. The number of halogens is 1. The summed E-state index contributed by atoms with van der Waals surface area (Å²) in [4.78, 5) is 26.6. The lowest BCUT2D eigenvalue weighted by atomic mass is 10.0. The van der Waals surface area contributed by atoms with E-state index in [2.05, 4.69) is 0 Å². The van der Waals surface area contributed by atoms with Gasteiger partial charge in [-0.2, -0.15) is 0 Å². The van der Waals surface area contributed by atoms with Crippen molar-refractivity contribution >= 4 is 23.5 Å². The molecule has 0 atom stereocenters. The first kappa shape index (κ1) is 22.7. The number of nitrogens with zero attached hydrogens (tertiary/aromatic N) is 1. The molecule has 0 bridgehead atoms. The number of amides is 2. The van der Waals surface area contributed by atoms with Gasteiger partial charge in [-0.25, -0.2) is 9.87 Å². The second-order valence-corrected chi connectivity index (χ2v) is 7.81. The predicted molar refractivity (Wildman–Crippen MR) is 117 cm³/mol. The van der Waals surface area contributed by atoms with Gasteiger partial charge in [0.1, 0.15) is 5.82 Å². The van der Waals surface area contributed by atoms with Gasteiger partial charge in [-0.15, -0.1) is 0 Å². The highest BCUT2D eigenvalue weighted by Crippen LogP contribution is 2.31. The predicted octanol–water partition coefficient (Wildman–Crippen LogP) is 4.48. The first-order valence-electron chi connectivity index (χ1n) is 10.5. The largest absolute Gasteiger partial charge is 0.336 e. The van der Waals surface area contributed by atoms with Crippen LogP contribution in [0, 0.1) is 12.7 Å². The number of hydroxylamine groups is 1. The molecule has 1 aliphatic rings. The molecule has 0 saturated heterocycles. The van der Waals surface area contributed by atoms with Gasteiger partial charge < -0.3 is 4.90 Å². The maximum Gasteiger partial charge on any atom is 0.254 e. The zero-order chi connectivity index (χ0) is 22.2. The van der Waals surface area contributed by atoms with E-state index in [9.17, 15) is 14.0 Å². The van der Waals surface area contributed by atoms with Gasteiger partial charge in [0, 0.05) is 24.6 Å². The van der Waals surface area contributed by atoms with Crippen LogP contribution in [0.4, 0.5) is 4.39 Å². The molecule has 0 spiro atoms. The highest BCUT2D eigenvalue weighted by Gasteiger charge is 2.33. The zero-order valence-corrected chi connectivity index (χ0v) is 17.4. The summed E-state index contributed by atoms with van der Waals surface area (Å²) in [5.74, 6) is -0.840. The van der Waals surface area contributed by atoms with E-state index in [1.54, 1.807) is 29.7 Å². The number of unbranched alkanes of at least 4 members (excludes halogenated alkanes) is 2. The first-order valence-corrected chi connectivity index (χ1v) is 10.5. The summed E-state index contributed by atoms with van der Waals surface area (Å²) in [5, 5.41) is 8.57. The Hall–Kier alpha value is -2.99. The molecule has 1 saturated carbocycles. The van der Waals surface area contributed by atoms with Crippen molar-refractivity contribution in [3.8, 4) is 0 Å². The minimum Gasteiger partial charge on any atom is -0.336 e. The van der Waals surface area contributed by atoms with E-state index < -0.39 is 5.91 Å². The van der Waals surface area contributed by atoms with Crippen molar-refractivity contribution in [2.24, 2.45) is 0 Å². The molecule has 0 heterocycles. The van der Waals surface area contributed by atoms with Gasteiger partial charge in [0.2, 0.25) is 5.91 Å². The van der Waals surface area contributed by atoms with Crippen LogP contribution >= 0.6 is 0 Å². The molecule has 1 fully saturated rings. The van der Waals surface area contributed by atoms with Gasteiger partial charge in [0.05, 0.1) is 0 Å². The van der Waals surface area contributed by atoms with Crippen molar-refractivity contribution in [1.29, 1.82) is 0 Å². The first-order chi connectivity index (χ1) is 15.0. The number of carbonyl (C=O) groups is 2. The van der Waals surface area contributed by atoms with Crippen molar-refractivity contribution in [3.63, 3.8) is 0 Å². The SMILES string of the molecule is [CH]c1ccc(C=C(C(=O)N(CCCCCC(=O)NO)C2CC2)c2ccc(F)cc2)cc1. The normalized spacial score (nSPS) is 13.7. The lowest BCUT2D eigenvalue weighted by molar-refractivity contribution is -0.129. The molecule has 5 nitrogen and oxygen atoms in total. The maximum absolute atomic E-state index is 13.5. The summed E-state index contributed by atoms with van der Waals surface area (Å²) in [6.45, 7) is 6.36. The quantitative estimate of drug-likeness (QED) is 0.195. The molecule has 1 aliphatic carbocycles. The molecule has 31 heavy (non-hydrogen) atoms. The lowest BCUT2D eigenvalue weighted by Crippen LogP contribution is -2.34. The van der Waals surface area contributed by atoms with E-state index in [0.717, 1.165) is 31.2 Å². The molecule has 2 amide bonds. The molecule has 2 aromatic carbocycles. The van der Waals surface area contributed by atoms with E-state index >= 15 is 0 Å². The van der Waals surface area contributed by atoms with Crippen molar-refractivity contribution in [2.75, 3.05) is 6.54 Å². The Balaban J connectivity index is 1.77. The number of benzene rings is 2. The summed E-state index contributed by atoms with van der Waals surface area (Å²) in [7, 11) is 0. The fourth-order valence-electron chi connectivity index (χ4n) is 3.45. The zero-order valence-electron chi connectivity index (χ0n) is 17.4. The summed E-state index contributed by atoms with van der Waals surface area (Å²) >= 11 is 0. The maximum atomic E-state index is 13.5. The Kier molecular flexibility index (Phi) is 7.95. The van der Waals surface area contributed by atoms with E-state index in [1.165, 1.54) is 12.1 Å². The van der Waals surface area contributed by atoms with Crippen LogP contribution in [0.15, 0.2) is 48.5 Å². The molecule has 162 valence electrons. The Bertz CT molecular complexity index is 919. The van der Waals surface area contributed by atoms with Gasteiger partial charge >= 0.3 is 0 Å². The Morgan fingerprint density at radius 2 is 1.74 bits per heavy atom. The third-order valence-corrected chi connectivity index (χ3v) is 5.31. The fourth-order valence-corrected chi connectivity index (χ4v) is 3.45. The molecule has 2 N–H and O–H groups in total. The summed E-state index contributed by atoms with van der Waals surface area (Å²) in [5.41, 5.74) is 4.28. The molecule has 0 unspecified atom stereocenters. The third-order valence-electron chi connectivity index (χ3n) is 5.31. The van der Waals surface area contributed by atoms with Crippen molar-refractivity contribution in [1.82, 2.24) is 10.4 Å². The van der Waals surface area contributed by atoms with Gasteiger partial charge in [-0.1, -0.05) is 42.8 Å². The Morgan fingerprint density at radius 3 is 2.35 bits per heavy atom. The Morgan fingerprint density at radius 1 is 1.06 bits per heavy atom. The van der Waals surface area contributed by atoms with E-state index in [4.69, 9.17) is 12.1 Å². The highest BCUT2D eigenvalue weighted by atomic mass is 19.1. The van der Waals surface area contributed by atoms with Gasteiger partial charge in [0.25, 0.3) is 5.91 Å².